The minimum Gasteiger partial charge on any atom is -0.354 e. The molecular weight excluding hydrogens is 400 g/mol. The molecule has 3 aromatic carbocycles. The van der Waals surface area contributed by atoms with Gasteiger partial charge in [0.15, 0.2) is 0 Å². The summed E-state index contributed by atoms with van der Waals surface area (Å²) in [5, 5.41) is 14.9. The van der Waals surface area contributed by atoms with Crippen LogP contribution < -0.4 is 10.6 Å². The van der Waals surface area contributed by atoms with E-state index in [1.165, 1.54) is 5.56 Å². The van der Waals surface area contributed by atoms with Crippen molar-refractivity contribution in [3.05, 3.63) is 83.4 Å². The molecule has 0 unspecified atom stereocenters. The van der Waals surface area contributed by atoms with E-state index in [-0.39, 0.29) is 5.91 Å². The van der Waals surface area contributed by atoms with Crippen molar-refractivity contribution in [3.63, 3.8) is 0 Å². The lowest BCUT2D eigenvalue weighted by Gasteiger charge is -2.16. The van der Waals surface area contributed by atoms with Crippen LogP contribution in [0.25, 0.3) is 22.3 Å². The van der Waals surface area contributed by atoms with Crippen molar-refractivity contribution in [2.45, 2.75) is 6.54 Å². The first-order chi connectivity index (χ1) is 15.5. The van der Waals surface area contributed by atoms with E-state index in [1.807, 2.05) is 75.7 Å². The van der Waals surface area contributed by atoms with Crippen LogP contribution in [-0.4, -0.2) is 39.9 Å². The lowest BCUT2D eigenvalue weighted by Crippen LogP contribution is -2.11. The second-order valence-corrected chi connectivity index (χ2v) is 8.23. The number of aryl methyl sites for hydroxylation is 1. The SMILES string of the molecule is CN(C)Cc1ccc(NC(=C2C(=O)Nc3ccccc32)c2ccc3c(c2)nnn3C)cc1. The van der Waals surface area contributed by atoms with E-state index < -0.39 is 0 Å². The summed E-state index contributed by atoms with van der Waals surface area (Å²) in [7, 11) is 5.96. The van der Waals surface area contributed by atoms with Gasteiger partial charge in [-0.15, -0.1) is 5.10 Å². The summed E-state index contributed by atoms with van der Waals surface area (Å²) in [4.78, 5) is 15.2. The molecule has 5 rings (SSSR count). The van der Waals surface area contributed by atoms with Crippen LogP contribution in [0.1, 0.15) is 16.7 Å². The second-order valence-electron chi connectivity index (χ2n) is 8.23. The highest BCUT2D eigenvalue weighted by Crippen LogP contribution is 2.37. The van der Waals surface area contributed by atoms with Crippen LogP contribution in [0.2, 0.25) is 0 Å². The van der Waals surface area contributed by atoms with Crippen LogP contribution >= 0.6 is 0 Å². The minimum absolute atomic E-state index is 0.128. The normalized spacial score (nSPS) is 14.6. The third kappa shape index (κ3) is 3.63. The smallest absolute Gasteiger partial charge is 0.258 e. The molecule has 0 saturated carbocycles. The van der Waals surface area contributed by atoms with Gasteiger partial charge in [0.1, 0.15) is 5.52 Å². The predicted octanol–water partition coefficient (Wildman–Crippen LogP) is 3.96. The first-order valence-corrected chi connectivity index (χ1v) is 10.4. The monoisotopic (exact) mass is 424 g/mol. The van der Waals surface area contributed by atoms with E-state index in [2.05, 4.69) is 38.0 Å². The topological polar surface area (TPSA) is 75.1 Å². The Morgan fingerprint density at radius 1 is 1.06 bits per heavy atom. The first-order valence-electron chi connectivity index (χ1n) is 10.4. The minimum atomic E-state index is -0.128. The fourth-order valence-corrected chi connectivity index (χ4v) is 4.04. The van der Waals surface area contributed by atoms with Gasteiger partial charge in [-0.05, 0) is 50.0 Å². The first kappa shape index (κ1) is 20.0. The third-order valence-corrected chi connectivity index (χ3v) is 5.54. The van der Waals surface area contributed by atoms with Gasteiger partial charge in [-0.1, -0.05) is 41.6 Å². The van der Waals surface area contributed by atoms with Gasteiger partial charge in [0.05, 0.1) is 16.8 Å². The number of rotatable bonds is 5. The maximum Gasteiger partial charge on any atom is 0.258 e. The molecule has 0 bridgehead atoms. The van der Waals surface area contributed by atoms with Crippen LogP contribution in [0.15, 0.2) is 66.7 Å². The molecule has 1 aliphatic heterocycles. The number of carbonyl (C=O) groups excluding carboxylic acids is 1. The average Bonchev–Trinajstić information content (AvgIpc) is 3.31. The maximum atomic E-state index is 13.0. The van der Waals surface area contributed by atoms with E-state index in [4.69, 9.17) is 0 Å². The van der Waals surface area contributed by atoms with Crippen molar-refractivity contribution >= 4 is 39.6 Å². The zero-order valence-electron chi connectivity index (χ0n) is 18.3. The molecule has 0 atom stereocenters. The molecule has 4 aromatic rings. The Kier molecular flexibility index (Phi) is 4.95. The van der Waals surface area contributed by atoms with E-state index in [0.29, 0.717) is 5.57 Å². The van der Waals surface area contributed by atoms with Crippen molar-refractivity contribution in [2.75, 3.05) is 24.7 Å². The van der Waals surface area contributed by atoms with E-state index >= 15 is 0 Å². The zero-order valence-corrected chi connectivity index (χ0v) is 18.3. The summed E-state index contributed by atoms with van der Waals surface area (Å²) < 4.78 is 1.74. The van der Waals surface area contributed by atoms with Crippen molar-refractivity contribution in [3.8, 4) is 0 Å². The van der Waals surface area contributed by atoms with Gasteiger partial charge in [-0.25, -0.2) is 4.68 Å². The van der Waals surface area contributed by atoms with Crippen LogP contribution in [0.3, 0.4) is 0 Å². The number of amides is 1. The standard InChI is InChI=1S/C25H24N6O/c1-30(2)15-16-8-11-18(12-9-16)26-24(17-10-13-22-21(14-17)28-29-31(22)3)23-19-6-4-5-7-20(19)27-25(23)32/h4-14,26H,15H2,1-3H3,(H,27,32). The lowest BCUT2D eigenvalue weighted by molar-refractivity contribution is -0.110. The van der Waals surface area contributed by atoms with E-state index in [1.54, 1.807) is 4.68 Å². The number of hydrogen-bond acceptors (Lipinski definition) is 5. The second kappa shape index (κ2) is 7.94. The number of carbonyl (C=O) groups is 1. The molecule has 32 heavy (non-hydrogen) atoms. The number of benzene rings is 3. The summed E-state index contributed by atoms with van der Waals surface area (Å²) in [6, 6.07) is 22.0. The number of nitrogens with zero attached hydrogens (tertiary/aromatic N) is 4. The largest absolute Gasteiger partial charge is 0.354 e. The molecule has 2 N–H and O–H groups in total. The van der Waals surface area contributed by atoms with Crippen LogP contribution in [0.5, 0.6) is 0 Å². The molecule has 1 aliphatic rings. The molecule has 2 heterocycles. The van der Waals surface area contributed by atoms with Gasteiger partial charge >= 0.3 is 0 Å². The van der Waals surface area contributed by atoms with Crippen LogP contribution in [-0.2, 0) is 18.4 Å². The highest BCUT2D eigenvalue weighted by molar-refractivity contribution is 6.37. The average molecular weight is 425 g/mol. The Morgan fingerprint density at radius 3 is 2.62 bits per heavy atom. The number of para-hydroxylation sites is 1. The fraction of sp³-hybridized carbons (Fsp3) is 0.160. The zero-order chi connectivity index (χ0) is 22.2. The number of fused-ring (bicyclic) bond motifs is 2. The summed E-state index contributed by atoms with van der Waals surface area (Å²) >= 11 is 0. The van der Waals surface area contributed by atoms with Gasteiger partial charge in [-0.2, -0.15) is 0 Å². The molecule has 1 amide bonds. The molecular formula is C25H24N6O. The highest BCUT2D eigenvalue weighted by atomic mass is 16.2. The van der Waals surface area contributed by atoms with Gasteiger partial charge in [0.25, 0.3) is 5.91 Å². The number of nitrogens with one attached hydrogen (secondary N) is 2. The van der Waals surface area contributed by atoms with Crippen molar-refractivity contribution in [2.24, 2.45) is 7.05 Å². The maximum absolute atomic E-state index is 13.0. The van der Waals surface area contributed by atoms with Crippen molar-refractivity contribution in [1.29, 1.82) is 0 Å². The molecule has 0 radical (unpaired) electrons. The Hall–Kier alpha value is -3.97. The molecule has 0 fully saturated rings. The highest BCUT2D eigenvalue weighted by Gasteiger charge is 2.28. The molecule has 0 spiro atoms. The predicted molar refractivity (Wildman–Crippen MR) is 128 cm³/mol. The van der Waals surface area contributed by atoms with E-state index in [0.717, 1.165) is 45.8 Å². The lowest BCUT2D eigenvalue weighted by atomic mass is 9.99. The molecule has 1 aromatic heterocycles. The Morgan fingerprint density at radius 2 is 1.84 bits per heavy atom. The number of hydrogen-bond donors (Lipinski definition) is 2. The number of anilines is 2. The summed E-state index contributed by atoms with van der Waals surface area (Å²) in [5.74, 6) is -0.128. The van der Waals surface area contributed by atoms with Gasteiger partial charge in [-0.3, -0.25) is 4.79 Å². The Balaban J connectivity index is 1.63. The molecule has 0 saturated heterocycles. The molecule has 160 valence electrons. The summed E-state index contributed by atoms with van der Waals surface area (Å²) in [5.41, 5.74) is 7.75. The van der Waals surface area contributed by atoms with Gasteiger partial charge < -0.3 is 15.5 Å². The third-order valence-electron chi connectivity index (χ3n) is 5.54. The molecule has 7 heteroatoms. The number of aromatic nitrogens is 3. The fourth-order valence-electron chi connectivity index (χ4n) is 4.04. The molecule has 0 aliphatic carbocycles. The quantitative estimate of drug-likeness (QED) is 0.475. The van der Waals surface area contributed by atoms with Gasteiger partial charge in [0.2, 0.25) is 0 Å². The van der Waals surface area contributed by atoms with Crippen molar-refractivity contribution < 1.29 is 4.79 Å². The Bertz CT molecular complexity index is 1350. The Labute approximate surface area is 186 Å². The van der Waals surface area contributed by atoms with Gasteiger partial charge in [0, 0.05) is 36.1 Å². The van der Waals surface area contributed by atoms with Crippen LogP contribution in [0.4, 0.5) is 11.4 Å². The van der Waals surface area contributed by atoms with Crippen molar-refractivity contribution in [1.82, 2.24) is 19.9 Å². The summed E-state index contributed by atoms with van der Waals surface area (Å²) in [6.07, 6.45) is 0. The van der Waals surface area contributed by atoms with Crippen LogP contribution in [0, 0.1) is 0 Å². The summed E-state index contributed by atoms with van der Waals surface area (Å²) in [6.45, 7) is 0.868. The van der Waals surface area contributed by atoms with E-state index in [9.17, 15) is 4.79 Å². The molecule has 7 nitrogen and oxygen atoms in total.